The van der Waals surface area contributed by atoms with Gasteiger partial charge in [-0.25, -0.2) is 9.78 Å². The lowest BCUT2D eigenvalue weighted by Crippen LogP contribution is -2.16. The topological polar surface area (TPSA) is 71.5 Å². The van der Waals surface area contributed by atoms with Gasteiger partial charge in [0.15, 0.2) is 0 Å². The Balaban J connectivity index is 2.65. The molecule has 1 unspecified atom stereocenters. The summed E-state index contributed by atoms with van der Waals surface area (Å²) in [6.07, 6.45) is 1.79. The van der Waals surface area contributed by atoms with Crippen LogP contribution in [0.25, 0.3) is 0 Å². The molecule has 5 heteroatoms. The summed E-state index contributed by atoms with van der Waals surface area (Å²) in [4.78, 5) is 15.8. The third-order valence-corrected chi connectivity index (χ3v) is 3.18. The number of anilines is 1. The van der Waals surface area contributed by atoms with Crippen molar-refractivity contribution in [2.24, 2.45) is 5.92 Å². The molecule has 2 N–H and O–H groups in total. The SMILES string of the molecule is CCC(CCO)CNc1ccc(C(=O)OC)c(C)n1. The van der Waals surface area contributed by atoms with Gasteiger partial charge in [0.1, 0.15) is 5.82 Å². The van der Waals surface area contributed by atoms with E-state index >= 15 is 0 Å². The molecule has 0 aliphatic rings. The molecule has 0 aliphatic carbocycles. The molecule has 0 amide bonds. The van der Waals surface area contributed by atoms with Crippen LogP contribution >= 0.6 is 0 Å². The predicted octanol–water partition coefficient (Wildman–Crippen LogP) is 2.00. The van der Waals surface area contributed by atoms with Crippen LogP contribution in [0.4, 0.5) is 5.82 Å². The van der Waals surface area contributed by atoms with Crippen LogP contribution in [0.1, 0.15) is 35.8 Å². The summed E-state index contributed by atoms with van der Waals surface area (Å²) in [5.41, 5.74) is 1.13. The number of hydrogen-bond acceptors (Lipinski definition) is 5. The molecule has 0 aromatic carbocycles. The minimum atomic E-state index is -0.372. The van der Waals surface area contributed by atoms with Crippen LogP contribution in [0, 0.1) is 12.8 Å². The van der Waals surface area contributed by atoms with E-state index in [0.29, 0.717) is 17.2 Å². The molecule has 0 fully saturated rings. The van der Waals surface area contributed by atoms with E-state index in [2.05, 4.69) is 22.0 Å². The van der Waals surface area contributed by atoms with Gasteiger partial charge in [0, 0.05) is 13.2 Å². The zero-order valence-corrected chi connectivity index (χ0v) is 11.8. The second kappa shape index (κ2) is 7.74. The number of pyridine rings is 1. The van der Waals surface area contributed by atoms with Gasteiger partial charge >= 0.3 is 5.97 Å². The zero-order valence-electron chi connectivity index (χ0n) is 11.8. The van der Waals surface area contributed by atoms with Gasteiger partial charge in [-0.1, -0.05) is 13.3 Å². The summed E-state index contributed by atoms with van der Waals surface area (Å²) in [5, 5.41) is 12.2. The fraction of sp³-hybridized carbons (Fsp3) is 0.571. The Bertz CT molecular complexity index is 421. The summed E-state index contributed by atoms with van der Waals surface area (Å²) >= 11 is 0. The van der Waals surface area contributed by atoms with E-state index in [9.17, 15) is 4.79 Å². The number of esters is 1. The Morgan fingerprint density at radius 3 is 2.79 bits per heavy atom. The van der Waals surface area contributed by atoms with Crippen molar-refractivity contribution in [1.29, 1.82) is 0 Å². The molecular formula is C14H22N2O3. The van der Waals surface area contributed by atoms with E-state index in [0.717, 1.165) is 25.2 Å². The van der Waals surface area contributed by atoms with E-state index in [1.165, 1.54) is 7.11 Å². The lowest BCUT2D eigenvalue weighted by atomic mass is 10.0. The number of rotatable bonds is 7. The second-order valence-corrected chi connectivity index (χ2v) is 4.49. The molecule has 0 bridgehead atoms. The Morgan fingerprint density at radius 1 is 1.53 bits per heavy atom. The number of aliphatic hydroxyl groups excluding tert-OH is 1. The van der Waals surface area contributed by atoms with Crippen molar-refractivity contribution in [2.75, 3.05) is 25.6 Å². The average Bonchev–Trinajstić information content (AvgIpc) is 2.42. The third-order valence-electron chi connectivity index (χ3n) is 3.18. The van der Waals surface area contributed by atoms with Crippen molar-refractivity contribution >= 4 is 11.8 Å². The van der Waals surface area contributed by atoms with Crippen LogP contribution in [-0.2, 0) is 4.74 Å². The highest BCUT2D eigenvalue weighted by molar-refractivity contribution is 5.90. The molecule has 5 nitrogen and oxygen atoms in total. The molecule has 0 saturated carbocycles. The van der Waals surface area contributed by atoms with E-state index in [4.69, 9.17) is 5.11 Å². The number of methoxy groups -OCH3 is 1. The minimum Gasteiger partial charge on any atom is -0.465 e. The normalized spacial score (nSPS) is 12.0. The monoisotopic (exact) mass is 266 g/mol. The van der Waals surface area contributed by atoms with Crippen molar-refractivity contribution in [3.8, 4) is 0 Å². The standard InChI is InChI=1S/C14H22N2O3/c1-4-11(7-8-17)9-15-13-6-5-12(10(2)16-13)14(18)19-3/h5-6,11,17H,4,7-9H2,1-3H3,(H,15,16). The fourth-order valence-electron chi connectivity index (χ4n) is 1.87. The molecule has 1 heterocycles. The highest BCUT2D eigenvalue weighted by atomic mass is 16.5. The number of carbonyl (C=O) groups is 1. The quantitative estimate of drug-likeness (QED) is 0.739. The molecule has 1 aromatic rings. The van der Waals surface area contributed by atoms with Crippen LogP contribution in [0.5, 0.6) is 0 Å². The molecule has 0 spiro atoms. The van der Waals surface area contributed by atoms with E-state index < -0.39 is 0 Å². The van der Waals surface area contributed by atoms with Gasteiger partial charge in [-0.05, 0) is 31.4 Å². The summed E-state index contributed by atoms with van der Waals surface area (Å²) < 4.78 is 4.68. The van der Waals surface area contributed by atoms with Crippen molar-refractivity contribution in [2.45, 2.75) is 26.7 Å². The fourth-order valence-corrected chi connectivity index (χ4v) is 1.87. The van der Waals surface area contributed by atoms with Crippen molar-refractivity contribution in [3.63, 3.8) is 0 Å². The smallest absolute Gasteiger partial charge is 0.339 e. The first-order valence-corrected chi connectivity index (χ1v) is 6.53. The van der Waals surface area contributed by atoms with Gasteiger partial charge in [0.05, 0.1) is 18.4 Å². The van der Waals surface area contributed by atoms with Gasteiger partial charge < -0.3 is 15.2 Å². The molecule has 1 aromatic heterocycles. The Kier molecular flexibility index (Phi) is 6.29. The van der Waals surface area contributed by atoms with Crippen molar-refractivity contribution in [1.82, 2.24) is 4.98 Å². The number of aryl methyl sites for hydroxylation is 1. The maximum Gasteiger partial charge on any atom is 0.339 e. The summed E-state index contributed by atoms with van der Waals surface area (Å²) in [6.45, 7) is 4.85. The first-order chi connectivity index (χ1) is 9.12. The lowest BCUT2D eigenvalue weighted by molar-refractivity contribution is 0.0599. The van der Waals surface area contributed by atoms with Crippen LogP contribution in [-0.4, -0.2) is 36.3 Å². The highest BCUT2D eigenvalue weighted by Gasteiger charge is 2.11. The largest absolute Gasteiger partial charge is 0.465 e. The van der Waals surface area contributed by atoms with Gasteiger partial charge in [-0.15, -0.1) is 0 Å². The molecule has 19 heavy (non-hydrogen) atoms. The van der Waals surface area contributed by atoms with Crippen molar-refractivity contribution < 1.29 is 14.6 Å². The number of ether oxygens (including phenoxy) is 1. The minimum absolute atomic E-state index is 0.202. The summed E-state index contributed by atoms with van der Waals surface area (Å²) in [5.74, 6) is 0.789. The van der Waals surface area contributed by atoms with Gasteiger partial charge in [0.2, 0.25) is 0 Å². The molecule has 106 valence electrons. The van der Waals surface area contributed by atoms with Crippen molar-refractivity contribution in [3.05, 3.63) is 23.4 Å². The molecule has 0 aliphatic heterocycles. The number of nitrogens with zero attached hydrogens (tertiary/aromatic N) is 1. The number of carbonyl (C=O) groups excluding carboxylic acids is 1. The highest BCUT2D eigenvalue weighted by Crippen LogP contribution is 2.14. The number of nitrogens with one attached hydrogen (secondary N) is 1. The van der Waals surface area contributed by atoms with Crippen LogP contribution in [0.3, 0.4) is 0 Å². The van der Waals surface area contributed by atoms with E-state index in [1.54, 1.807) is 19.1 Å². The lowest BCUT2D eigenvalue weighted by Gasteiger charge is -2.15. The molecule has 0 saturated heterocycles. The summed E-state index contributed by atoms with van der Waals surface area (Å²) in [6, 6.07) is 3.48. The summed E-state index contributed by atoms with van der Waals surface area (Å²) in [7, 11) is 1.36. The second-order valence-electron chi connectivity index (χ2n) is 4.49. The molecule has 1 atom stereocenters. The zero-order chi connectivity index (χ0) is 14.3. The number of hydrogen-bond donors (Lipinski definition) is 2. The van der Waals surface area contributed by atoms with Gasteiger partial charge in [-0.2, -0.15) is 0 Å². The maximum absolute atomic E-state index is 11.4. The Hall–Kier alpha value is -1.62. The van der Waals surface area contributed by atoms with Gasteiger partial charge in [0.25, 0.3) is 0 Å². The first-order valence-electron chi connectivity index (χ1n) is 6.53. The third kappa shape index (κ3) is 4.52. The van der Waals surface area contributed by atoms with Crippen LogP contribution in [0.15, 0.2) is 12.1 Å². The Labute approximate surface area is 114 Å². The molecular weight excluding hydrogens is 244 g/mol. The molecule has 0 radical (unpaired) electrons. The van der Waals surface area contributed by atoms with Crippen LogP contribution in [0.2, 0.25) is 0 Å². The maximum atomic E-state index is 11.4. The first kappa shape index (κ1) is 15.4. The molecule has 1 rings (SSSR count). The van der Waals surface area contributed by atoms with E-state index in [-0.39, 0.29) is 12.6 Å². The van der Waals surface area contributed by atoms with E-state index in [1.807, 2.05) is 0 Å². The Morgan fingerprint density at radius 2 is 2.26 bits per heavy atom. The predicted molar refractivity (Wildman–Crippen MR) is 74.3 cm³/mol. The van der Waals surface area contributed by atoms with Gasteiger partial charge in [-0.3, -0.25) is 0 Å². The van der Waals surface area contributed by atoms with Crippen LogP contribution < -0.4 is 5.32 Å². The average molecular weight is 266 g/mol. The number of aliphatic hydroxyl groups is 1. The number of aromatic nitrogens is 1.